The highest BCUT2D eigenvalue weighted by Crippen LogP contribution is 2.45. The summed E-state index contributed by atoms with van der Waals surface area (Å²) in [5.41, 5.74) is 1.79. The number of carboxylic acids is 1. The molecule has 1 fully saturated rings. The monoisotopic (exact) mass is 415 g/mol. The Morgan fingerprint density at radius 2 is 1.53 bits per heavy atom. The number of hydrogen-bond donors (Lipinski definition) is 1. The SMILES string of the molecule is COc1ccc(OC)c(C(c2c(OC)cccc2OC)N2CCC(C(=O)O)CC2)c1. The molecule has 1 aliphatic heterocycles. The van der Waals surface area contributed by atoms with Gasteiger partial charge in [0.1, 0.15) is 23.0 Å². The molecule has 1 heterocycles. The Morgan fingerprint density at radius 3 is 2.03 bits per heavy atom. The van der Waals surface area contributed by atoms with Crippen molar-refractivity contribution in [2.24, 2.45) is 5.92 Å². The second-order valence-corrected chi connectivity index (χ2v) is 7.24. The van der Waals surface area contributed by atoms with Gasteiger partial charge in [0.05, 0.1) is 46.0 Å². The fourth-order valence-electron chi connectivity index (χ4n) is 4.14. The number of carboxylic acid groups (broad SMARTS) is 1. The maximum atomic E-state index is 11.5. The minimum absolute atomic E-state index is 0.254. The number of piperidine rings is 1. The number of aliphatic carboxylic acids is 1. The Bertz CT molecular complexity index is 854. The summed E-state index contributed by atoms with van der Waals surface area (Å²) in [6.07, 6.45) is 1.16. The second kappa shape index (κ2) is 9.71. The quantitative estimate of drug-likeness (QED) is 0.706. The molecule has 1 unspecified atom stereocenters. The Kier molecular flexibility index (Phi) is 7.05. The maximum Gasteiger partial charge on any atom is 0.306 e. The van der Waals surface area contributed by atoms with Gasteiger partial charge >= 0.3 is 5.97 Å². The van der Waals surface area contributed by atoms with Crippen LogP contribution in [0.15, 0.2) is 36.4 Å². The summed E-state index contributed by atoms with van der Waals surface area (Å²) in [5.74, 6) is 1.77. The summed E-state index contributed by atoms with van der Waals surface area (Å²) in [7, 11) is 6.53. The van der Waals surface area contributed by atoms with Gasteiger partial charge in [-0.3, -0.25) is 9.69 Å². The number of rotatable bonds is 8. The molecule has 1 aliphatic rings. The zero-order valence-corrected chi connectivity index (χ0v) is 17.9. The molecule has 1 N–H and O–H groups in total. The topological polar surface area (TPSA) is 77.5 Å². The number of methoxy groups -OCH3 is 4. The van der Waals surface area contributed by atoms with E-state index in [9.17, 15) is 9.90 Å². The van der Waals surface area contributed by atoms with Crippen LogP contribution in [0.2, 0.25) is 0 Å². The van der Waals surface area contributed by atoms with E-state index in [0.29, 0.717) is 48.9 Å². The van der Waals surface area contributed by atoms with Crippen molar-refractivity contribution < 1.29 is 28.8 Å². The largest absolute Gasteiger partial charge is 0.497 e. The van der Waals surface area contributed by atoms with E-state index in [1.807, 2.05) is 36.4 Å². The molecular weight excluding hydrogens is 386 g/mol. The first-order valence-corrected chi connectivity index (χ1v) is 9.93. The van der Waals surface area contributed by atoms with Crippen molar-refractivity contribution in [1.29, 1.82) is 0 Å². The minimum Gasteiger partial charge on any atom is -0.497 e. The zero-order chi connectivity index (χ0) is 21.7. The number of hydrogen-bond acceptors (Lipinski definition) is 6. The predicted octanol–water partition coefficient (Wildman–Crippen LogP) is 3.61. The van der Waals surface area contributed by atoms with E-state index >= 15 is 0 Å². The standard InChI is InChI=1S/C23H29NO6/c1-27-16-8-9-18(28-2)17(14-16)22(24-12-10-15(11-13-24)23(25)26)21-19(29-3)6-5-7-20(21)30-4/h5-9,14-15,22H,10-13H2,1-4H3,(H,25,26). The summed E-state index contributed by atoms with van der Waals surface area (Å²) >= 11 is 0. The van der Waals surface area contributed by atoms with Crippen molar-refractivity contribution in [1.82, 2.24) is 4.90 Å². The van der Waals surface area contributed by atoms with Crippen molar-refractivity contribution >= 4 is 5.97 Å². The lowest BCUT2D eigenvalue weighted by Gasteiger charge is -2.38. The molecule has 3 rings (SSSR count). The van der Waals surface area contributed by atoms with Crippen LogP contribution in [0, 0.1) is 5.92 Å². The molecular formula is C23H29NO6. The van der Waals surface area contributed by atoms with Gasteiger partial charge in [-0.1, -0.05) is 6.07 Å². The fourth-order valence-corrected chi connectivity index (χ4v) is 4.14. The minimum atomic E-state index is -0.736. The van der Waals surface area contributed by atoms with Crippen LogP contribution < -0.4 is 18.9 Å². The number of nitrogens with zero attached hydrogens (tertiary/aromatic N) is 1. The van der Waals surface area contributed by atoms with Gasteiger partial charge in [0.2, 0.25) is 0 Å². The van der Waals surface area contributed by atoms with E-state index in [-0.39, 0.29) is 12.0 Å². The number of ether oxygens (including phenoxy) is 4. The Hall–Kier alpha value is -2.93. The highest BCUT2D eigenvalue weighted by atomic mass is 16.5. The molecule has 0 amide bonds. The number of likely N-dealkylation sites (tertiary alicyclic amines) is 1. The first-order valence-electron chi connectivity index (χ1n) is 9.93. The molecule has 0 bridgehead atoms. The molecule has 0 radical (unpaired) electrons. The predicted molar refractivity (Wildman–Crippen MR) is 113 cm³/mol. The molecule has 0 spiro atoms. The van der Waals surface area contributed by atoms with E-state index in [0.717, 1.165) is 11.1 Å². The van der Waals surface area contributed by atoms with Crippen molar-refractivity contribution in [2.75, 3.05) is 41.5 Å². The van der Waals surface area contributed by atoms with Gasteiger partial charge in [-0.2, -0.15) is 0 Å². The molecule has 0 aromatic heterocycles. The Labute approximate surface area is 177 Å². The lowest BCUT2D eigenvalue weighted by atomic mass is 9.90. The van der Waals surface area contributed by atoms with Crippen LogP contribution >= 0.6 is 0 Å². The summed E-state index contributed by atoms with van der Waals surface area (Å²) in [4.78, 5) is 13.7. The number of benzene rings is 2. The first-order chi connectivity index (χ1) is 14.5. The van der Waals surface area contributed by atoms with Gasteiger partial charge in [-0.15, -0.1) is 0 Å². The van der Waals surface area contributed by atoms with Crippen molar-refractivity contribution in [3.63, 3.8) is 0 Å². The Morgan fingerprint density at radius 1 is 0.933 bits per heavy atom. The molecule has 30 heavy (non-hydrogen) atoms. The molecule has 7 heteroatoms. The molecule has 2 aromatic carbocycles. The van der Waals surface area contributed by atoms with E-state index in [1.54, 1.807) is 28.4 Å². The normalized spacial score (nSPS) is 16.0. The van der Waals surface area contributed by atoms with Crippen LogP contribution in [-0.4, -0.2) is 57.5 Å². The summed E-state index contributed by atoms with van der Waals surface area (Å²) in [6.45, 7) is 1.26. The van der Waals surface area contributed by atoms with Gasteiger partial charge < -0.3 is 24.1 Å². The zero-order valence-electron chi connectivity index (χ0n) is 17.9. The van der Waals surface area contributed by atoms with E-state index in [1.165, 1.54) is 0 Å². The highest BCUT2D eigenvalue weighted by Gasteiger charge is 2.35. The summed E-state index contributed by atoms with van der Waals surface area (Å²) in [6, 6.07) is 11.1. The van der Waals surface area contributed by atoms with Gasteiger partial charge in [-0.05, 0) is 56.3 Å². The third-order valence-electron chi connectivity index (χ3n) is 5.71. The van der Waals surface area contributed by atoms with Crippen LogP contribution in [0.5, 0.6) is 23.0 Å². The van der Waals surface area contributed by atoms with Crippen molar-refractivity contribution in [3.8, 4) is 23.0 Å². The Balaban J connectivity index is 2.16. The van der Waals surface area contributed by atoms with Crippen LogP contribution in [-0.2, 0) is 4.79 Å². The molecule has 1 saturated heterocycles. The lowest BCUT2D eigenvalue weighted by molar-refractivity contribution is -0.143. The van der Waals surface area contributed by atoms with Crippen LogP contribution in [0.3, 0.4) is 0 Å². The smallest absolute Gasteiger partial charge is 0.306 e. The molecule has 7 nitrogen and oxygen atoms in total. The van der Waals surface area contributed by atoms with Gasteiger partial charge in [0, 0.05) is 5.56 Å². The average Bonchev–Trinajstić information content (AvgIpc) is 2.79. The summed E-state index contributed by atoms with van der Waals surface area (Å²) < 4.78 is 22.6. The molecule has 1 atom stereocenters. The lowest BCUT2D eigenvalue weighted by Crippen LogP contribution is -2.39. The van der Waals surface area contributed by atoms with E-state index in [4.69, 9.17) is 18.9 Å². The molecule has 162 valence electrons. The van der Waals surface area contributed by atoms with Crippen LogP contribution in [0.4, 0.5) is 0 Å². The molecule has 0 aliphatic carbocycles. The highest BCUT2D eigenvalue weighted by molar-refractivity contribution is 5.70. The summed E-state index contributed by atoms with van der Waals surface area (Å²) in [5, 5.41) is 9.42. The van der Waals surface area contributed by atoms with E-state index in [2.05, 4.69) is 4.90 Å². The van der Waals surface area contributed by atoms with Crippen LogP contribution in [0.1, 0.15) is 30.0 Å². The first kappa shape index (κ1) is 21.8. The second-order valence-electron chi connectivity index (χ2n) is 7.24. The third-order valence-corrected chi connectivity index (χ3v) is 5.71. The van der Waals surface area contributed by atoms with Gasteiger partial charge in [0.25, 0.3) is 0 Å². The maximum absolute atomic E-state index is 11.5. The van der Waals surface area contributed by atoms with Crippen LogP contribution in [0.25, 0.3) is 0 Å². The van der Waals surface area contributed by atoms with Crippen molar-refractivity contribution in [2.45, 2.75) is 18.9 Å². The molecule has 0 saturated carbocycles. The third kappa shape index (κ3) is 4.31. The number of carbonyl (C=O) groups is 1. The van der Waals surface area contributed by atoms with Crippen molar-refractivity contribution in [3.05, 3.63) is 47.5 Å². The van der Waals surface area contributed by atoms with Gasteiger partial charge in [0.15, 0.2) is 0 Å². The fraction of sp³-hybridized carbons (Fsp3) is 0.435. The van der Waals surface area contributed by atoms with E-state index < -0.39 is 5.97 Å². The molecule has 2 aromatic rings. The average molecular weight is 415 g/mol. The van der Waals surface area contributed by atoms with Gasteiger partial charge in [-0.25, -0.2) is 0 Å².